The highest BCUT2D eigenvalue weighted by Crippen LogP contribution is 2.36. The normalized spacial score (nSPS) is 16.7. The molecule has 0 aromatic carbocycles. The zero-order valence-electron chi connectivity index (χ0n) is 8.73. The zero-order valence-corrected chi connectivity index (χ0v) is 9.55. The first-order chi connectivity index (χ1) is 7.18. The van der Waals surface area contributed by atoms with Gasteiger partial charge in [-0.05, 0) is 43.1 Å². The van der Waals surface area contributed by atoms with E-state index in [0.29, 0.717) is 0 Å². The van der Waals surface area contributed by atoms with Gasteiger partial charge in [-0.25, -0.2) is 0 Å². The molecule has 15 heavy (non-hydrogen) atoms. The first kappa shape index (κ1) is 10.4. The van der Waals surface area contributed by atoms with E-state index in [-0.39, 0.29) is 9.92 Å². The van der Waals surface area contributed by atoms with Gasteiger partial charge in [-0.3, -0.25) is 10.1 Å². The van der Waals surface area contributed by atoms with Crippen LogP contribution in [0.25, 0.3) is 0 Å². The van der Waals surface area contributed by atoms with Crippen molar-refractivity contribution in [1.29, 1.82) is 0 Å². The minimum atomic E-state index is -0.300. The number of aryl methyl sites for hydroxylation is 1. The average Bonchev–Trinajstić information content (AvgIpc) is 2.62. The van der Waals surface area contributed by atoms with Crippen LogP contribution in [0.3, 0.4) is 0 Å². The van der Waals surface area contributed by atoms with E-state index in [0.717, 1.165) is 23.7 Å². The van der Waals surface area contributed by atoms with E-state index < -0.39 is 0 Å². The average molecular weight is 226 g/mol. The molecule has 0 N–H and O–H groups in total. The summed E-state index contributed by atoms with van der Waals surface area (Å²) >= 11 is 1.30. The van der Waals surface area contributed by atoms with Crippen LogP contribution in [0.1, 0.15) is 24.8 Å². The molecule has 0 bridgehead atoms. The molecule has 2 rings (SSSR count). The zero-order chi connectivity index (χ0) is 10.8. The van der Waals surface area contributed by atoms with Crippen LogP contribution in [0.5, 0.6) is 0 Å². The lowest BCUT2D eigenvalue weighted by atomic mass is 10.1. The summed E-state index contributed by atoms with van der Waals surface area (Å²) in [5.41, 5.74) is 1.04. The Hall–Kier alpha value is -1.10. The van der Waals surface area contributed by atoms with Gasteiger partial charge in [0, 0.05) is 19.2 Å². The van der Waals surface area contributed by atoms with Gasteiger partial charge < -0.3 is 4.90 Å². The summed E-state index contributed by atoms with van der Waals surface area (Å²) in [6.07, 6.45) is 3.68. The summed E-state index contributed by atoms with van der Waals surface area (Å²) in [6, 6.07) is 1.68. The van der Waals surface area contributed by atoms with Crippen molar-refractivity contribution in [1.82, 2.24) is 0 Å². The predicted molar refractivity (Wildman–Crippen MR) is 61.8 cm³/mol. The Morgan fingerprint density at radius 2 is 2.07 bits per heavy atom. The van der Waals surface area contributed by atoms with E-state index in [9.17, 15) is 10.1 Å². The molecule has 1 aromatic heterocycles. The topological polar surface area (TPSA) is 46.4 Å². The molecule has 1 fully saturated rings. The van der Waals surface area contributed by atoms with Gasteiger partial charge in [-0.15, -0.1) is 0 Å². The van der Waals surface area contributed by atoms with Crippen LogP contribution in [0.15, 0.2) is 6.07 Å². The highest BCUT2D eigenvalue weighted by molar-refractivity contribution is 7.19. The number of hydrogen-bond acceptors (Lipinski definition) is 4. The molecule has 1 aromatic rings. The van der Waals surface area contributed by atoms with Gasteiger partial charge in [0.15, 0.2) is 0 Å². The van der Waals surface area contributed by atoms with Crippen molar-refractivity contribution in [3.8, 4) is 0 Å². The van der Waals surface area contributed by atoms with Crippen molar-refractivity contribution in [2.75, 3.05) is 18.0 Å². The molecule has 0 radical (unpaired) electrons. The maximum atomic E-state index is 10.6. The Morgan fingerprint density at radius 3 is 2.60 bits per heavy atom. The van der Waals surface area contributed by atoms with Crippen molar-refractivity contribution in [3.63, 3.8) is 0 Å². The molecule has 0 amide bonds. The monoisotopic (exact) mass is 226 g/mol. The molecule has 82 valence electrons. The number of rotatable bonds is 2. The Morgan fingerprint density at radius 1 is 1.40 bits per heavy atom. The number of piperidine rings is 1. The third-order valence-corrected chi connectivity index (χ3v) is 3.95. The van der Waals surface area contributed by atoms with Crippen molar-refractivity contribution in [3.05, 3.63) is 21.7 Å². The highest BCUT2D eigenvalue weighted by Gasteiger charge is 2.19. The lowest BCUT2D eigenvalue weighted by Crippen LogP contribution is -2.28. The molecule has 5 heteroatoms. The third kappa shape index (κ3) is 2.12. The Labute approximate surface area is 92.7 Å². The number of hydrogen-bond donors (Lipinski definition) is 0. The van der Waals surface area contributed by atoms with Crippen LogP contribution >= 0.6 is 11.3 Å². The summed E-state index contributed by atoms with van der Waals surface area (Å²) in [7, 11) is 0. The van der Waals surface area contributed by atoms with E-state index in [1.54, 1.807) is 6.07 Å². The van der Waals surface area contributed by atoms with Crippen LogP contribution in [-0.2, 0) is 0 Å². The minimum absolute atomic E-state index is 0.257. The van der Waals surface area contributed by atoms with Gasteiger partial charge in [0.1, 0.15) is 5.00 Å². The van der Waals surface area contributed by atoms with E-state index in [2.05, 4.69) is 4.90 Å². The van der Waals surface area contributed by atoms with Crippen molar-refractivity contribution < 1.29 is 4.92 Å². The Bertz CT molecular complexity index is 369. The van der Waals surface area contributed by atoms with E-state index in [1.165, 1.54) is 30.6 Å². The van der Waals surface area contributed by atoms with Gasteiger partial charge in [-0.1, -0.05) is 0 Å². The minimum Gasteiger partial charge on any atom is -0.363 e. The third-order valence-electron chi connectivity index (χ3n) is 2.70. The van der Waals surface area contributed by atoms with E-state index in [4.69, 9.17) is 0 Å². The van der Waals surface area contributed by atoms with Gasteiger partial charge in [0.05, 0.1) is 4.92 Å². The maximum Gasteiger partial charge on any atom is 0.326 e. The first-order valence-corrected chi connectivity index (χ1v) is 6.00. The summed E-state index contributed by atoms with van der Waals surface area (Å²) < 4.78 is 0. The Kier molecular flexibility index (Phi) is 2.90. The molecule has 0 atom stereocenters. The molecule has 1 aliphatic rings. The second-order valence-electron chi connectivity index (χ2n) is 3.88. The first-order valence-electron chi connectivity index (χ1n) is 5.18. The fraction of sp³-hybridized carbons (Fsp3) is 0.600. The second-order valence-corrected chi connectivity index (χ2v) is 4.89. The summed E-state index contributed by atoms with van der Waals surface area (Å²) in [6.45, 7) is 4.03. The SMILES string of the molecule is Cc1cc([N+](=O)[O-])sc1N1CCCCC1. The molecule has 0 spiro atoms. The number of thiophene rings is 1. The second kappa shape index (κ2) is 4.18. The molecule has 0 saturated carbocycles. The van der Waals surface area contributed by atoms with Crippen LogP contribution in [0.4, 0.5) is 10.0 Å². The lowest BCUT2D eigenvalue weighted by Gasteiger charge is -2.27. The molecular formula is C10H14N2O2S. The van der Waals surface area contributed by atoms with Crippen molar-refractivity contribution >= 4 is 21.3 Å². The lowest BCUT2D eigenvalue weighted by molar-refractivity contribution is -0.380. The predicted octanol–water partition coefficient (Wildman–Crippen LogP) is 2.96. The Balaban J connectivity index is 2.22. The largest absolute Gasteiger partial charge is 0.363 e. The van der Waals surface area contributed by atoms with Crippen LogP contribution in [0, 0.1) is 17.0 Å². The van der Waals surface area contributed by atoms with Gasteiger partial charge in [0.2, 0.25) is 0 Å². The quantitative estimate of drug-likeness (QED) is 0.575. The molecule has 1 aliphatic heterocycles. The highest BCUT2D eigenvalue weighted by atomic mass is 32.1. The molecule has 1 saturated heterocycles. The fourth-order valence-electron chi connectivity index (χ4n) is 1.96. The summed E-state index contributed by atoms with van der Waals surface area (Å²) in [5, 5.41) is 12.0. The standard InChI is InChI=1S/C10H14N2O2S/c1-8-7-9(12(13)14)15-10(8)11-5-3-2-4-6-11/h7H,2-6H2,1H3. The van der Waals surface area contributed by atoms with Crippen molar-refractivity contribution in [2.45, 2.75) is 26.2 Å². The van der Waals surface area contributed by atoms with Crippen LogP contribution in [-0.4, -0.2) is 18.0 Å². The number of nitrogens with zero attached hydrogens (tertiary/aromatic N) is 2. The van der Waals surface area contributed by atoms with Gasteiger partial charge in [0.25, 0.3) is 0 Å². The van der Waals surface area contributed by atoms with Gasteiger partial charge in [-0.2, -0.15) is 0 Å². The molecular weight excluding hydrogens is 212 g/mol. The number of nitro groups is 1. The molecule has 0 aliphatic carbocycles. The maximum absolute atomic E-state index is 10.6. The van der Waals surface area contributed by atoms with E-state index in [1.807, 2.05) is 6.92 Å². The summed E-state index contributed by atoms with van der Waals surface area (Å²) in [5.74, 6) is 0. The van der Waals surface area contributed by atoms with Gasteiger partial charge >= 0.3 is 5.00 Å². The van der Waals surface area contributed by atoms with Crippen LogP contribution in [0.2, 0.25) is 0 Å². The molecule has 0 unspecified atom stereocenters. The van der Waals surface area contributed by atoms with E-state index >= 15 is 0 Å². The number of anilines is 1. The fourth-order valence-corrected chi connectivity index (χ4v) is 3.00. The molecule has 2 heterocycles. The summed E-state index contributed by atoms with van der Waals surface area (Å²) in [4.78, 5) is 12.6. The smallest absolute Gasteiger partial charge is 0.326 e. The van der Waals surface area contributed by atoms with Crippen molar-refractivity contribution in [2.24, 2.45) is 0 Å². The van der Waals surface area contributed by atoms with Crippen LogP contribution < -0.4 is 4.90 Å². The molecule has 4 nitrogen and oxygen atoms in total.